The van der Waals surface area contributed by atoms with Crippen molar-refractivity contribution in [2.75, 3.05) is 6.54 Å². The summed E-state index contributed by atoms with van der Waals surface area (Å²) in [4.78, 5) is 11.9. The molecule has 0 saturated carbocycles. The highest BCUT2D eigenvalue weighted by atomic mass is 16.5. The molecule has 0 fully saturated rings. The maximum absolute atomic E-state index is 11.9. The molecule has 0 amide bonds. The lowest BCUT2D eigenvalue weighted by atomic mass is 10.1. The number of quaternary nitrogens is 1. The normalized spacial score (nSPS) is 11.0. The number of hydrogen-bond donors (Lipinski definition) is 1. The van der Waals surface area contributed by atoms with Gasteiger partial charge >= 0.3 is 0 Å². The van der Waals surface area contributed by atoms with Gasteiger partial charge in [-0.3, -0.25) is 4.79 Å². The molecule has 3 heteroatoms. The van der Waals surface area contributed by atoms with E-state index in [9.17, 15) is 4.79 Å². The molecule has 1 aromatic carbocycles. The predicted molar refractivity (Wildman–Crippen MR) is 73.1 cm³/mol. The van der Waals surface area contributed by atoms with Crippen LogP contribution in [0.2, 0.25) is 0 Å². The zero-order valence-corrected chi connectivity index (χ0v) is 11.8. The highest BCUT2D eigenvalue weighted by Gasteiger charge is 2.08. The quantitative estimate of drug-likeness (QED) is 0.752. The van der Waals surface area contributed by atoms with Crippen molar-refractivity contribution in [3.8, 4) is 5.75 Å². The number of hydrogen-bond acceptors (Lipinski definition) is 2. The Balaban J connectivity index is 2.48. The number of ether oxygens (including phenoxy) is 1. The molecule has 0 aliphatic heterocycles. The molecule has 0 aliphatic carbocycles. The highest BCUT2D eigenvalue weighted by Crippen LogP contribution is 2.14. The van der Waals surface area contributed by atoms with Crippen LogP contribution in [0.25, 0.3) is 0 Å². The highest BCUT2D eigenvalue weighted by molar-refractivity contribution is 5.96. The molecule has 0 heterocycles. The first-order valence-electron chi connectivity index (χ1n) is 6.62. The zero-order chi connectivity index (χ0) is 13.5. The fourth-order valence-electron chi connectivity index (χ4n) is 1.68. The van der Waals surface area contributed by atoms with Crippen molar-refractivity contribution in [2.45, 2.75) is 46.3 Å². The van der Waals surface area contributed by atoms with Crippen molar-refractivity contribution in [2.24, 2.45) is 0 Å². The second kappa shape index (κ2) is 7.17. The molecule has 1 aromatic rings. The van der Waals surface area contributed by atoms with Crippen molar-refractivity contribution in [3.63, 3.8) is 0 Å². The van der Waals surface area contributed by atoms with E-state index < -0.39 is 0 Å². The van der Waals surface area contributed by atoms with Gasteiger partial charge in [-0.25, -0.2) is 0 Å². The SMILES string of the molecule is CC(C)[NH2+]CCC(=O)c1ccc(OC(C)C)cc1. The van der Waals surface area contributed by atoms with Crippen LogP contribution in [0, 0.1) is 0 Å². The maximum Gasteiger partial charge on any atom is 0.168 e. The standard InChI is InChI=1S/C15H23NO2/c1-11(2)16-10-9-15(17)13-5-7-14(8-6-13)18-12(3)4/h5-8,11-12,16H,9-10H2,1-4H3/p+1. The van der Waals surface area contributed by atoms with Crippen LogP contribution in [0.5, 0.6) is 5.75 Å². The van der Waals surface area contributed by atoms with Crippen LogP contribution < -0.4 is 10.1 Å². The number of rotatable bonds is 7. The molecule has 0 saturated heterocycles. The summed E-state index contributed by atoms with van der Waals surface area (Å²) in [6.45, 7) is 9.08. The van der Waals surface area contributed by atoms with Crippen LogP contribution in [-0.4, -0.2) is 24.5 Å². The summed E-state index contributed by atoms with van der Waals surface area (Å²) in [5, 5.41) is 2.17. The number of benzene rings is 1. The van der Waals surface area contributed by atoms with E-state index in [4.69, 9.17) is 4.74 Å². The first kappa shape index (κ1) is 14.7. The minimum absolute atomic E-state index is 0.159. The number of Topliss-reactive ketones (excluding diaryl/α,β-unsaturated/α-hetero) is 1. The molecular formula is C15H24NO2+. The molecule has 0 bridgehead atoms. The molecule has 0 radical (unpaired) electrons. The van der Waals surface area contributed by atoms with Crippen LogP contribution in [0.3, 0.4) is 0 Å². The summed E-state index contributed by atoms with van der Waals surface area (Å²) in [5.74, 6) is 1.01. The summed E-state index contributed by atoms with van der Waals surface area (Å²) in [5.41, 5.74) is 0.767. The molecule has 0 unspecified atom stereocenters. The molecule has 0 aliphatic rings. The van der Waals surface area contributed by atoms with Crippen molar-refractivity contribution < 1.29 is 14.8 Å². The van der Waals surface area contributed by atoms with Crippen LogP contribution in [0.1, 0.15) is 44.5 Å². The molecule has 18 heavy (non-hydrogen) atoms. The van der Waals surface area contributed by atoms with Gasteiger partial charge in [-0.1, -0.05) is 0 Å². The predicted octanol–water partition coefficient (Wildman–Crippen LogP) is 2.02. The minimum Gasteiger partial charge on any atom is -0.491 e. The Morgan fingerprint density at radius 1 is 1.17 bits per heavy atom. The zero-order valence-electron chi connectivity index (χ0n) is 11.8. The monoisotopic (exact) mass is 250 g/mol. The Morgan fingerprint density at radius 2 is 1.78 bits per heavy atom. The van der Waals surface area contributed by atoms with Crippen molar-refractivity contribution in [1.82, 2.24) is 0 Å². The van der Waals surface area contributed by atoms with Gasteiger partial charge in [0.25, 0.3) is 0 Å². The summed E-state index contributed by atoms with van der Waals surface area (Å²) in [7, 11) is 0. The van der Waals surface area contributed by atoms with Gasteiger partial charge in [0.15, 0.2) is 5.78 Å². The van der Waals surface area contributed by atoms with Crippen LogP contribution in [0.4, 0.5) is 0 Å². The second-order valence-electron chi connectivity index (χ2n) is 5.13. The summed E-state index contributed by atoms with van der Waals surface area (Å²) < 4.78 is 5.54. The first-order valence-corrected chi connectivity index (χ1v) is 6.62. The van der Waals surface area contributed by atoms with E-state index >= 15 is 0 Å². The fourth-order valence-corrected chi connectivity index (χ4v) is 1.68. The average Bonchev–Trinajstić information content (AvgIpc) is 2.28. The maximum atomic E-state index is 11.9. The van der Waals surface area contributed by atoms with Gasteiger partial charge < -0.3 is 10.1 Å². The molecular weight excluding hydrogens is 226 g/mol. The van der Waals surface area contributed by atoms with Gasteiger partial charge in [-0.2, -0.15) is 0 Å². The van der Waals surface area contributed by atoms with Crippen molar-refractivity contribution in [1.29, 1.82) is 0 Å². The van der Waals surface area contributed by atoms with E-state index in [1.165, 1.54) is 0 Å². The van der Waals surface area contributed by atoms with Gasteiger partial charge in [-0.05, 0) is 52.0 Å². The third-order valence-electron chi connectivity index (χ3n) is 2.56. The number of ketones is 1. The average molecular weight is 250 g/mol. The number of nitrogens with two attached hydrogens (primary N) is 1. The molecule has 0 spiro atoms. The van der Waals surface area contributed by atoms with E-state index in [1.54, 1.807) is 0 Å². The lowest BCUT2D eigenvalue weighted by Crippen LogP contribution is -2.88. The lowest BCUT2D eigenvalue weighted by Gasteiger charge is -2.09. The van der Waals surface area contributed by atoms with Crippen LogP contribution >= 0.6 is 0 Å². The largest absolute Gasteiger partial charge is 0.491 e. The fraction of sp³-hybridized carbons (Fsp3) is 0.533. The van der Waals surface area contributed by atoms with E-state index in [0.717, 1.165) is 17.9 Å². The Hall–Kier alpha value is -1.35. The van der Waals surface area contributed by atoms with Gasteiger partial charge in [-0.15, -0.1) is 0 Å². The van der Waals surface area contributed by atoms with Gasteiger partial charge in [0.2, 0.25) is 0 Å². The van der Waals surface area contributed by atoms with Gasteiger partial charge in [0.1, 0.15) is 5.75 Å². The van der Waals surface area contributed by atoms with E-state index in [-0.39, 0.29) is 11.9 Å². The van der Waals surface area contributed by atoms with Gasteiger partial charge in [0.05, 0.1) is 25.1 Å². The third-order valence-corrected chi connectivity index (χ3v) is 2.56. The minimum atomic E-state index is 0.159. The third kappa shape index (κ3) is 5.32. The summed E-state index contributed by atoms with van der Waals surface area (Å²) >= 11 is 0. The Morgan fingerprint density at radius 3 is 2.28 bits per heavy atom. The van der Waals surface area contributed by atoms with Crippen LogP contribution in [0.15, 0.2) is 24.3 Å². The summed E-state index contributed by atoms with van der Waals surface area (Å²) in [6, 6.07) is 7.95. The molecule has 0 aromatic heterocycles. The van der Waals surface area contributed by atoms with Crippen molar-refractivity contribution >= 4 is 5.78 Å². The molecule has 3 nitrogen and oxygen atoms in total. The molecule has 0 atom stereocenters. The van der Waals surface area contributed by atoms with Gasteiger partial charge in [0, 0.05) is 5.56 Å². The molecule has 2 N–H and O–H groups in total. The summed E-state index contributed by atoms with van der Waals surface area (Å²) in [6.07, 6.45) is 0.745. The Kier molecular flexibility index (Phi) is 5.86. The van der Waals surface area contributed by atoms with Crippen molar-refractivity contribution in [3.05, 3.63) is 29.8 Å². The first-order chi connectivity index (χ1) is 8.49. The smallest absolute Gasteiger partial charge is 0.168 e. The number of carbonyl (C=O) groups excluding carboxylic acids is 1. The van der Waals surface area contributed by atoms with E-state index in [1.807, 2.05) is 38.1 Å². The van der Waals surface area contributed by atoms with E-state index in [0.29, 0.717) is 12.5 Å². The van der Waals surface area contributed by atoms with E-state index in [2.05, 4.69) is 19.2 Å². The number of carbonyl (C=O) groups is 1. The lowest BCUT2D eigenvalue weighted by molar-refractivity contribution is -0.681. The van der Waals surface area contributed by atoms with Crippen LogP contribution in [-0.2, 0) is 0 Å². The molecule has 1 rings (SSSR count). The Labute approximate surface area is 110 Å². The Bertz CT molecular complexity index is 369. The molecule has 100 valence electrons. The topological polar surface area (TPSA) is 42.9 Å². The second-order valence-corrected chi connectivity index (χ2v) is 5.13.